The van der Waals surface area contributed by atoms with Crippen molar-refractivity contribution in [2.75, 3.05) is 5.73 Å². The summed E-state index contributed by atoms with van der Waals surface area (Å²) in [6, 6.07) is 1.95. The quantitative estimate of drug-likeness (QED) is 0.807. The van der Waals surface area contributed by atoms with Gasteiger partial charge in [0.25, 0.3) is 0 Å². The molecule has 0 unspecified atom stereocenters. The Morgan fingerprint density at radius 1 is 1.27 bits per heavy atom. The van der Waals surface area contributed by atoms with E-state index in [0.29, 0.717) is 17.7 Å². The SMILES string of the molecule is CC(C)c1nc(N)cc(C2CCCC2)n1. The minimum atomic E-state index is 0.355. The van der Waals surface area contributed by atoms with Crippen LogP contribution in [-0.4, -0.2) is 9.97 Å². The maximum Gasteiger partial charge on any atom is 0.133 e. The van der Waals surface area contributed by atoms with E-state index < -0.39 is 0 Å². The second kappa shape index (κ2) is 4.17. The fourth-order valence-corrected chi connectivity index (χ4v) is 2.19. The van der Waals surface area contributed by atoms with Crippen LogP contribution in [-0.2, 0) is 0 Å². The van der Waals surface area contributed by atoms with Gasteiger partial charge in [0, 0.05) is 23.6 Å². The van der Waals surface area contributed by atoms with Crippen molar-refractivity contribution in [3.8, 4) is 0 Å². The van der Waals surface area contributed by atoms with Gasteiger partial charge in [0.05, 0.1) is 0 Å². The highest BCUT2D eigenvalue weighted by molar-refractivity contribution is 5.32. The predicted molar refractivity (Wildman–Crippen MR) is 61.7 cm³/mol. The molecule has 3 nitrogen and oxygen atoms in total. The smallest absolute Gasteiger partial charge is 0.133 e. The van der Waals surface area contributed by atoms with Crippen LogP contribution in [0.3, 0.4) is 0 Å². The van der Waals surface area contributed by atoms with Gasteiger partial charge in [0.15, 0.2) is 0 Å². The number of nitrogens with two attached hydrogens (primary N) is 1. The van der Waals surface area contributed by atoms with Gasteiger partial charge in [-0.3, -0.25) is 0 Å². The summed E-state index contributed by atoms with van der Waals surface area (Å²) in [6.45, 7) is 4.21. The van der Waals surface area contributed by atoms with Crippen LogP contribution in [0.25, 0.3) is 0 Å². The van der Waals surface area contributed by atoms with E-state index >= 15 is 0 Å². The van der Waals surface area contributed by atoms with Gasteiger partial charge in [-0.05, 0) is 12.8 Å². The highest BCUT2D eigenvalue weighted by atomic mass is 15.0. The summed E-state index contributed by atoms with van der Waals surface area (Å²) in [5.41, 5.74) is 6.97. The van der Waals surface area contributed by atoms with Crippen LogP contribution in [0.2, 0.25) is 0 Å². The van der Waals surface area contributed by atoms with E-state index in [-0.39, 0.29) is 0 Å². The predicted octanol–water partition coefficient (Wildman–Crippen LogP) is 2.84. The fourth-order valence-electron chi connectivity index (χ4n) is 2.19. The molecule has 2 rings (SSSR count). The lowest BCUT2D eigenvalue weighted by molar-refractivity contribution is 0.670. The standard InChI is InChI=1S/C12H19N3/c1-8(2)12-14-10(7-11(13)15-12)9-5-3-4-6-9/h7-9H,3-6H2,1-2H3,(H2,13,14,15). The Bertz CT molecular complexity index is 341. The van der Waals surface area contributed by atoms with Gasteiger partial charge in [0.1, 0.15) is 11.6 Å². The molecule has 1 heterocycles. The van der Waals surface area contributed by atoms with E-state index in [4.69, 9.17) is 5.73 Å². The summed E-state index contributed by atoms with van der Waals surface area (Å²) in [4.78, 5) is 8.90. The average molecular weight is 205 g/mol. The van der Waals surface area contributed by atoms with Crippen LogP contribution < -0.4 is 5.73 Å². The maximum atomic E-state index is 5.81. The second-order valence-corrected chi connectivity index (χ2v) is 4.71. The van der Waals surface area contributed by atoms with Crippen molar-refractivity contribution < 1.29 is 0 Å². The van der Waals surface area contributed by atoms with Gasteiger partial charge in [0.2, 0.25) is 0 Å². The minimum Gasteiger partial charge on any atom is -0.384 e. The van der Waals surface area contributed by atoms with Crippen LogP contribution in [0.1, 0.15) is 62.9 Å². The molecule has 1 aromatic rings. The first-order valence-corrected chi connectivity index (χ1v) is 5.81. The number of anilines is 1. The zero-order valence-corrected chi connectivity index (χ0v) is 9.53. The molecule has 0 aliphatic heterocycles. The Hall–Kier alpha value is -1.12. The fraction of sp³-hybridized carbons (Fsp3) is 0.667. The Balaban J connectivity index is 2.30. The summed E-state index contributed by atoms with van der Waals surface area (Å²) in [5.74, 6) is 2.48. The molecule has 2 N–H and O–H groups in total. The zero-order valence-electron chi connectivity index (χ0n) is 9.53. The summed E-state index contributed by atoms with van der Waals surface area (Å²) in [7, 11) is 0. The molecule has 1 fully saturated rings. The van der Waals surface area contributed by atoms with E-state index in [0.717, 1.165) is 11.5 Å². The van der Waals surface area contributed by atoms with Crippen LogP contribution in [0.4, 0.5) is 5.82 Å². The second-order valence-electron chi connectivity index (χ2n) is 4.71. The maximum absolute atomic E-state index is 5.81. The molecule has 82 valence electrons. The van der Waals surface area contributed by atoms with Crippen LogP contribution in [0, 0.1) is 0 Å². The van der Waals surface area contributed by atoms with Crippen LogP contribution in [0.15, 0.2) is 6.07 Å². The molecular weight excluding hydrogens is 186 g/mol. The number of nitrogen functional groups attached to an aromatic ring is 1. The van der Waals surface area contributed by atoms with E-state index in [2.05, 4.69) is 23.8 Å². The number of aromatic nitrogens is 2. The lowest BCUT2D eigenvalue weighted by atomic mass is 10.0. The first-order chi connectivity index (χ1) is 7.16. The molecule has 0 atom stereocenters. The third kappa shape index (κ3) is 2.28. The summed E-state index contributed by atoms with van der Waals surface area (Å²) in [6.07, 6.45) is 5.17. The van der Waals surface area contributed by atoms with Gasteiger partial charge in [-0.25, -0.2) is 9.97 Å². The van der Waals surface area contributed by atoms with Gasteiger partial charge in [-0.15, -0.1) is 0 Å². The Labute approximate surface area is 91.1 Å². The molecule has 0 aromatic carbocycles. The monoisotopic (exact) mass is 205 g/mol. The molecule has 0 amide bonds. The van der Waals surface area contributed by atoms with E-state index in [1.165, 1.54) is 25.7 Å². The molecule has 0 saturated heterocycles. The number of hydrogen-bond donors (Lipinski definition) is 1. The van der Waals surface area contributed by atoms with Gasteiger partial charge in [-0.2, -0.15) is 0 Å². The van der Waals surface area contributed by atoms with E-state index in [1.807, 2.05) is 6.07 Å². The average Bonchev–Trinajstić information content (AvgIpc) is 2.69. The van der Waals surface area contributed by atoms with Crippen molar-refractivity contribution in [2.45, 2.75) is 51.4 Å². The van der Waals surface area contributed by atoms with Crippen molar-refractivity contribution in [1.29, 1.82) is 0 Å². The molecule has 3 heteroatoms. The summed E-state index contributed by atoms with van der Waals surface area (Å²) >= 11 is 0. The topological polar surface area (TPSA) is 51.8 Å². The van der Waals surface area contributed by atoms with Crippen molar-refractivity contribution >= 4 is 5.82 Å². The van der Waals surface area contributed by atoms with E-state index in [1.54, 1.807) is 0 Å². The third-order valence-electron chi connectivity index (χ3n) is 3.07. The summed E-state index contributed by atoms with van der Waals surface area (Å²) in [5, 5.41) is 0. The molecule has 15 heavy (non-hydrogen) atoms. The van der Waals surface area contributed by atoms with Crippen molar-refractivity contribution in [3.05, 3.63) is 17.6 Å². The lowest BCUT2D eigenvalue weighted by Crippen LogP contribution is -2.06. The summed E-state index contributed by atoms with van der Waals surface area (Å²) < 4.78 is 0. The van der Waals surface area contributed by atoms with Crippen molar-refractivity contribution in [1.82, 2.24) is 9.97 Å². The highest BCUT2D eigenvalue weighted by Gasteiger charge is 2.20. The minimum absolute atomic E-state index is 0.355. The molecule has 0 spiro atoms. The van der Waals surface area contributed by atoms with Crippen molar-refractivity contribution in [2.24, 2.45) is 0 Å². The molecule has 1 aliphatic carbocycles. The normalized spacial score (nSPS) is 17.5. The van der Waals surface area contributed by atoms with Gasteiger partial charge < -0.3 is 5.73 Å². The number of hydrogen-bond acceptors (Lipinski definition) is 3. The Kier molecular flexibility index (Phi) is 2.89. The molecule has 0 radical (unpaired) electrons. The third-order valence-corrected chi connectivity index (χ3v) is 3.07. The van der Waals surface area contributed by atoms with E-state index in [9.17, 15) is 0 Å². The Morgan fingerprint density at radius 2 is 1.93 bits per heavy atom. The first kappa shape index (κ1) is 10.4. The number of nitrogens with zero attached hydrogens (tertiary/aromatic N) is 2. The largest absolute Gasteiger partial charge is 0.384 e. The zero-order chi connectivity index (χ0) is 10.8. The molecule has 0 bridgehead atoms. The molecular formula is C12H19N3. The van der Waals surface area contributed by atoms with Gasteiger partial charge in [-0.1, -0.05) is 26.7 Å². The first-order valence-electron chi connectivity index (χ1n) is 5.81. The molecule has 1 aromatic heterocycles. The van der Waals surface area contributed by atoms with Crippen LogP contribution in [0.5, 0.6) is 0 Å². The van der Waals surface area contributed by atoms with Gasteiger partial charge >= 0.3 is 0 Å². The van der Waals surface area contributed by atoms with Crippen molar-refractivity contribution in [3.63, 3.8) is 0 Å². The highest BCUT2D eigenvalue weighted by Crippen LogP contribution is 2.33. The van der Waals surface area contributed by atoms with Crippen LogP contribution >= 0.6 is 0 Å². The number of rotatable bonds is 2. The molecule has 1 aliphatic rings. The lowest BCUT2D eigenvalue weighted by Gasteiger charge is -2.12. The molecule has 1 saturated carbocycles. The Morgan fingerprint density at radius 3 is 2.53 bits per heavy atom.